The predicted molar refractivity (Wildman–Crippen MR) is 44.9 cm³/mol. The van der Waals surface area contributed by atoms with Gasteiger partial charge in [0.1, 0.15) is 13.2 Å². The number of hydrogen-bond acceptors (Lipinski definition) is 5. The highest BCUT2D eigenvalue weighted by Gasteiger charge is 2.46. The third kappa shape index (κ3) is 1.96. The highest BCUT2D eigenvalue weighted by molar-refractivity contribution is 4.84. The Bertz CT molecular complexity index is 199. The molecule has 0 amide bonds. The molecule has 1 aliphatic heterocycles. The normalized spacial score (nSPS) is 30.3. The summed E-state index contributed by atoms with van der Waals surface area (Å²) in [4.78, 5) is 12.1. The van der Waals surface area contributed by atoms with E-state index in [9.17, 15) is 10.1 Å². The Hall–Kier alpha value is -0.720. The summed E-state index contributed by atoms with van der Waals surface area (Å²) in [5.74, 6) is 0. The van der Waals surface area contributed by atoms with Gasteiger partial charge < -0.3 is 9.84 Å². The summed E-state index contributed by atoms with van der Waals surface area (Å²) >= 11 is 0. The zero-order valence-corrected chi connectivity index (χ0v) is 7.60. The number of ether oxygens (including phenoxy) is 1. The highest BCUT2D eigenvalue weighted by atomic mass is 16.6. The van der Waals surface area contributed by atoms with Crippen LogP contribution in [0.25, 0.3) is 0 Å². The average molecular weight is 190 g/mol. The molecule has 0 bridgehead atoms. The second-order valence-electron chi connectivity index (χ2n) is 3.26. The summed E-state index contributed by atoms with van der Waals surface area (Å²) in [6.45, 7) is 2.77. The molecule has 1 heterocycles. The molecule has 76 valence electrons. The average Bonchev–Trinajstić information content (AvgIpc) is 2.17. The first-order valence-electron chi connectivity index (χ1n) is 4.20. The molecule has 13 heavy (non-hydrogen) atoms. The molecule has 1 rings (SSSR count). The fourth-order valence-electron chi connectivity index (χ4n) is 1.34. The van der Waals surface area contributed by atoms with E-state index in [-0.39, 0.29) is 13.2 Å². The lowest BCUT2D eigenvalue weighted by Gasteiger charge is -2.34. The monoisotopic (exact) mass is 190 g/mol. The summed E-state index contributed by atoms with van der Waals surface area (Å²) in [7, 11) is 0. The molecule has 6 heteroatoms. The van der Waals surface area contributed by atoms with Gasteiger partial charge in [-0.3, -0.25) is 15.0 Å². The summed E-state index contributed by atoms with van der Waals surface area (Å²) in [5.41, 5.74) is -1.33. The Kier molecular flexibility index (Phi) is 3.18. The molecule has 1 atom stereocenters. The molecule has 6 nitrogen and oxygen atoms in total. The standard InChI is InChI=1S/C7H14N2O4/c1-2-8-3-7(4-10,9(11)12)5-13-6-8/h10H,2-6H2,1H3/t7-/m1/s1. The minimum Gasteiger partial charge on any atom is -0.389 e. The van der Waals surface area contributed by atoms with Crippen molar-refractivity contribution in [3.8, 4) is 0 Å². The molecule has 0 spiro atoms. The van der Waals surface area contributed by atoms with Crippen LogP contribution in [0.5, 0.6) is 0 Å². The van der Waals surface area contributed by atoms with Gasteiger partial charge in [-0.1, -0.05) is 6.92 Å². The van der Waals surface area contributed by atoms with Crippen molar-refractivity contribution in [1.29, 1.82) is 0 Å². The number of nitro groups is 1. The second kappa shape index (κ2) is 3.99. The maximum absolute atomic E-state index is 10.7. The van der Waals surface area contributed by atoms with E-state index in [1.165, 1.54) is 0 Å². The molecule has 0 unspecified atom stereocenters. The Morgan fingerprint density at radius 1 is 1.77 bits per heavy atom. The first-order valence-corrected chi connectivity index (χ1v) is 4.20. The zero-order chi connectivity index (χ0) is 9.90. The van der Waals surface area contributed by atoms with Crippen molar-refractivity contribution in [2.45, 2.75) is 12.5 Å². The lowest BCUT2D eigenvalue weighted by Crippen LogP contribution is -2.59. The van der Waals surface area contributed by atoms with Gasteiger partial charge in [0.25, 0.3) is 5.54 Å². The number of likely N-dealkylation sites (N-methyl/N-ethyl adjacent to an activating group) is 1. The van der Waals surface area contributed by atoms with Crippen molar-refractivity contribution < 1.29 is 14.8 Å². The quantitative estimate of drug-likeness (QED) is 0.470. The fourth-order valence-corrected chi connectivity index (χ4v) is 1.34. The molecule has 0 aliphatic carbocycles. The molecular weight excluding hydrogens is 176 g/mol. The summed E-state index contributed by atoms with van der Waals surface area (Å²) in [5, 5.41) is 19.7. The first kappa shape index (κ1) is 10.4. The Morgan fingerprint density at radius 2 is 2.46 bits per heavy atom. The molecular formula is C7H14N2O4. The smallest absolute Gasteiger partial charge is 0.280 e. The molecule has 1 N–H and O–H groups in total. The van der Waals surface area contributed by atoms with Crippen LogP contribution in [0.3, 0.4) is 0 Å². The molecule has 0 aromatic carbocycles. The SMILES string of the molecule is CCN1COC[C@@](CO)([N+](=O)[O-])C1. The Morgan fingerprint density at radius 3 is 2.92 bits per heavy atom. The van der Waals surface area contributed by atoms with Crippen molar-refractivity contribution in [2.24, 2.45) is 0 Å². The number of hydrogen-bond donors (Lipinski definition) is 1. The van der Waals surface area contributed by atoms with Crippen LogP contribution in [0, 0.1) is 10.1 Å². The van der Waals surface area contributed by atoms with Crippen LogP contribution in [0.1, 0.15) is 6.92 Å². The van der Waals surface area contributed by atoms with Crippen LogP contribution in [0.4, 0.5) is 0 Å². The minimum atomic E-state index is -1.33. The summed E-state index contributed by atoms with van der Waals surface area (Å²) < 4.78 is 5.07. The molecule has 1 aliphatic rings. The third-order valence-corrected chi connectivity index (χ3v) is 2.29. The van der Waals surface area contributed by atoms with Gasteiger partial charge in [-0.25, -0.2) is 0 Å². The van der Waals surface area contributed by atoms with Gasteiger partial charge in [0.05, 0.1) is 13.3 Å². The Labute approximate surface area is 76.2 Å². The van der Waals surface area contributed by atoms with E-state index in [0.29, 0.717) is 13.3 Å². The van der Waals surface area contributed by atoms with Gasteiger partial charge in [0.2, 0.25) is 0 Å². The van der Waals surface area contributed by atoms with Gasteiger partial charge in [-0.2, -0.15) is 0 Å². The number of rotatable bonds is 3. The van der Waals surface area contributed by atoms with Gasteiger partial charge in [-0.05, 0) is 6.54 Å². The topological polar surface area (TPSA) is 75.8 Å². The number of aliphatic hydroxyl groups excluding tert-OH is 1. The maximum Gasteiger partial charge on any atom is 0.280 e. The van der Waals surface area contributed by atoms with Crippen molar-refractivity contribution in [2.75, 3.05) is 33.0 Å². The van der Waals surface area contributed by atoms with Crippen molar-refractivity contribution in [3.63, 3.8) is 0 Å². The van der Waals surface area contributed by atoms with Crippen molar-refractivity contribution in [3.05, 3.63) is 10.1 Å². The number of aliphatic hydroxyl groups is 1. The molecule has 0 aromatic rings. The largest absolute Gasteiger partial charge is 0.389 e. The van der Waals surface area contributed by atoms with E-state index in [2.05, 4.69) is 0 Å². The Balaban J connectivity index is 2.69. The van der Waals surface area contributed by atoms with E-state index in [4.69, 9.17) is 9.84 Å². The molecule has 0 aromatic heterocycles. The van der Waals surface area contributed by atoms with E-state index in [1.807, 2.05) is 6.92 Å². The van der Waals surface area contributed by atoms with E-state index in [0.717, 1.165) is 0 Å². The van der Waals surface area contributed by atoms with Crippen molar-refractivity contribution in [1.82, 2.24) is 4.90 Å². The molecule has 0 radical (unpaired) electrons. The van der Waals surface area contributed by atoms with E-state index < -0.39 is 17.1 Å². The zero-order valence-electron chi connectivity index (χ0n) is 7.60. The van der Waals surface area contributed by atoms with Gasteiger partial charge in [-0.15, -0.1) is 0 Å². The van der Waals surface area contributed by atoms with Crippen LogP contribution in [-0.2, 0) is 4.74 Å². The lowest BCUT2D eigenvalue weighted by atomic mass is 10.0. The van der Waals surface area contributed by atoms with Crippen LogP contribution in [0.15, 0.2) is 0 Å². The molecule has 1 saturated heterocycles. The lowest BCUT2D eigenvalue weighted by molar-refractivity contribution is -0.584. The van der Waals surface area contributed by atoms with Crippen LogP contribution in [0.2, 0.25) is 0 Å². The predicted octanol–water partition coefficient (Wildman–Crippen LogP) is -0.696. The van der Waals surface area contributed by atoms with Crippen LogP contribution < -0.4 is 0 Å². The fraction of sp³-hybridized carbons (Fsp3) is 1.00. The van der Waals surface area contributed by atoms with Gasteiger partial charge in [0, 0.05) is 4.92 Å². The van der Waals surface area contributed by atoms with Crippen LogP contribution >= 0.6 is 0 Å². The third-order valence-electron chi connectivity index (χ3n) is 2.29. The van der Waals surface area contributed by atoms with Crippen molar-refractivity contribution >= 4 is 0 Å². The molecule has 0 saturated carbocycles. The maximum atomic E-state index is 10.7. The second-order valence-corrected chi connectivity index (χ2v) is 3.26. The van der Waals surface area contributed by atoms with Crippen LogP contribution in [-0.4, -0.2) is 53.5 Å². The minimum absolute atomic E-state index is 0.00694. The summed E-state index contributed by atoms with van der Waals surface area (Å²) in [6, 6.07) is 0. The van der Waals surface area contributed by atoms with Gasteiger partial charge in [0.15, 0.2) is 0 Å². The van der Waals surface area contributed by atoms with E-state index >= 15 is 0 Å². The summed E-state index contributed by atoms with van der Waals surface area (Å²) in [6.07, 6.45) is 0. The van der Waals surface area contributed by atoms with E-state index in [1.54, 1.807) is 4.90 Å². The molecule has 1 fully saturated rings. The highest BCUT2D eigenvalue weighted by Crippen LogP contribution is 2.17. The van der Waals surface area contributed by atoms with Gasteiger partial charge >= 0.3 is 0 Å². The number of nitrogens with zero attached hydrogens (tertiary/aromatic N) is 2. The first-order chi connectivity index (χ1) is 6.14.